The Morgan fingerprint density at radius 2 is 0.581 bits per heavy atom. The minimum Gasteiger partial charge on any atom is -0.0843 e. The van der Waals surface area contributed by atoms with Gasteiger partial charge in [-0.1, -0.05) is 247 Å². The van der Waals surface area contributed by atoms with Crippen LogP contribution in [0.2, 0.25) is 10.0 Å². The van der Waals surface area contributed by atoms with E-state index in [-0.39, 0.29) is 45.9 Å². The van der Waals surface area contributed by atoms with Crippen LogP contribution in [0.15, 0.2) is 72.8 Å². The highest BCUT2D eigenvalue weighted by Crippen LogP contribution is 2.37. The molecule has 0 saturated heterocycles. The molecule has 2 heterocycles. The van der Waals surface area contributed by atoms with Gasteiger partial charge in [0.25, 0.3) is 0 Å². The third kappa shape index (κ3) is 8.74. The van der Waals surface area contributed by atoms with E-state index in [0.717, 1.165) is 10.0 Å². The van der Waals surface area contributed by atoms with Crippen molar-refractivity contribution in [2.24, 2.45) is 0 Å². The Morgan fingerprint density at radius 3 is 0.839 bits per heavy atom. The van der Waals surface area contributed by atoms with Crippen molar-refractivity contribution in [3.63, 3.8) is 0 Å². The summed E-state index contributed by atoms with van der Waals surface area (Å²) < 4.78 is 0. The van der Waals surface area contributed by atoms with Crippen LogP contribution < -0.4 is 32.8 Å². The Kier molecular flexibility index (Phi) is 11.6. The number of fused-ring (bicyclic) bond motifs is 4. The summed E-state index contributed by atoms with van der Waals surface area (Å²) >= 11 is 13.7. The molecule has 2 aliphatic rings. The standard InChI is InChI=1S/C58H70B2Cl2/c1-53(2,3)39-30-43(55(7,8)9)51(44(31-39)56(10,11)12)59-47-25-23-41(61)28-37(47)21-19-35-27-36-20-22-38-29-42(62)24-26-48(38)60(50(36)34-49(35)59)52-45(57(13,14)15)32-40(54(4,5)6)33-46(52)58(16,17)18/h19-34H,1-18H3. The van der Waals surface area contributed by atoms with Crippen molar-refractivity contribution in [1.29, 1.82) is 0 Å². The normalized spacial score (nSPS) is 14.6. The van der Waals surface area contributed by atoms with Crippen molar-refractivity contribution in [3.8, 4) is 0 Å². The van der Waals surface area contributed by atoms with Gasteiger partial charge in [-0.05, 0) is 118 Å². The van der Waals surface area contributed by atoms with Gasteiger partial charge in [-0.25, -0.2) is 0 Å². The molecular weight excluding hydrogens is 789 g/mol. The van der Waals surface area contributed by atoms with Gasteiger partial charge in [0.2, 0.25) is 13.4 Å². The summed E-state index contributed by atoms with van der Waals surface area (Å²) in [6.07, 6.45) is 9.30. The second-order valence-corrected chi connectivity index (χ2v) is 25.5. The van der Waals surface area contributed by atoms with Gasteiger partial charge in [0.05, 0.1) is 0 Å². The van der Waals surface area contributed by atoms with Crippen LogP contribution in [0.25, 0.3) is 24.3 Å². The summed E-state index contributed by atoms with van der Waals surface area (Å²) in [6, 6.07) is 28.4. The Morgan fingerprint density at radius 1 is 0.306 bits per heavy atom. The molecule has 0 amide bonds. The SMILES string of the molecule is CC(C)(C)c1cc(C(C)(C)C)c(B2c3ccc(Cl)cc3C=Cc3cc4c(cc32)B(c2c(C(C)(C)C)cc(C(C)(C)C)cc2C(C)(C)C)c2ccc(Cl)cc2C=C4)c(C(C)(C)C)c1. The molecule has 5 aromatic carbocycles. The first kappa shape index (κ1) is 46.3. The Hall–Kier alpha value is -3.71. The van der Waals surface area contributed by atoms with Gasteiger partial charge in [0.1, 0.15) is 0 Å². The van der Waals surface area contributed by atoms with E-state index in [0.29, 0.717) is 0 Å². The minimum atomic E-state index is -0.129. The van der Waals surface area contributed by atoms with Crippen LogP contribution in [-0.4, -0.2) is 13.4 Å². The summed E-state index contributed by atoms with van der Waals surface area (Å²) in [6.45, 7) is 42.7. The van der Waals surface area contributed by atoms with Gasteiger partial charge in [-0.15, -0.1) is 0 Å². The largest absolute Gasteiger partial charge is 0.243 e. The van der Waals surface area contributed by atoms with Gasteiger partial charge in [-0.3, -0.25) is 0 Å². The van der Waals surface area contributed by atoms with Gasteiger partial charge in [-0.2, -0.15) is 0 Å². The molecule has 0 N–H and O–H groups in total. The van der Waals surface area contributed by atoms with Crippen LogP contribution in [0.4, 0.5) is 0 Å². The maximum absolute atomic E-state index is 6.87. The third-order valence-corrected chi connectivity index (χ3v) is 13.9. The predicted molar refractivity (Wildman–Crippen MR) is 282 cm³/mol. The maximum atomic E-state index is 6.87. The van der Waals surface area contributed by atoms with Crippen molar-refractivity contribution in [2.75, 3.05) is 0 Å². The number of rotatable bonds is 2. The molecule has 0 aromatic heterocycles. The fourth-order valence-electron chi connectivity index (χ4n) is 9.96. The summed E-state index contributed by atoms with van der Waals surface area (Å²) in [4.78, 5) is 0. The summed E-state index contributed by atoms with van der Waals surface area (Å²) in [5, 5.41) is 1.51. The lowest BCUT2D eigenvalue weighted by atomic mass is 9.30. The van der Waals surface area contributed by atoms with E-state index < -0.39 is 0 Å². The molecule has 7 rings (SSSR count). The number of benzene rings is 5. The molecule has 0 atom stereocenters. The van der Waals surface area contributed by atoms with Crippen LogP contribution in [0.1, 0.15) is 180 Å². The van der Waals surface area contributed by atoms with E-state index in [1.807, 2.05) is 0 Å². The zero-order valence-corrected chi connectivity index (χ0v) is 42.7. The number of hydrogen-bond donors (Lipinski definition) is 0. The molecule has 0 aliphatic carbocycles. The lowest BCUT2D eigenvalue weighted by Gasteiger charge is -2.37. The molecular formula is C58H70B2Cl2. The highest BCUT2D eigenvalue weighted by Gasteiger charge is 2.42. The average Bonchev–Trinajstić information content (AvgIpc) is 3.37. The predicted octanol–water partition coefficient (Wildman–Crippen LogP) is 12.8. The van der Waals surface area contributed by atoms with E-state index in [4.69, 9.17) is 23.2 Å². The quantitative estimate of drug-likeness (QED) is 0.152. The molecule has 0 saturated carbocycles. The van der Waals surface area contributed by atoms with E-state index >= 15 is 0 Å². The van der Waals surface area contributed by atoms with Crippen LogP contribution in [0.3, 0.4) is 0 Å². The lowest BCUT2D eigenvalue weighted by Crippen LogP contribution is -2.61. The average molecular weight is 860 g/mol. The fraction of sp³-hybridized carbons (Fsp3) is 0.414. The topological polar surface area (TPSA) is 0 Å². The van der Waals surface area contributed by atoms with Crippen LogP contribution in [0, 0.1) is 0 Å². The third-order valence-electron chi connectivity index (χ3n) is 13.4. The molecule has 322 valence electrons. The van der Waals surface area contributed by atoms with Crippen LogP contribution in [-0.2, 0) is 32.5 Å². The van der Waals surface area contributed by atoms with Gasteiger partial charge in [0.15, 0.2) is 0 Å². The Labute approximate surface area is 387 Å². The smallest absolute Gasteiger partial charge is 0.0843 e. The van der Waals surface area contributed by atoms with E-state index in [2.05, 4.69) is 222 Å². The zero-order chi connectivity index (χ0) is 45.9. The van der Waals surface area contributed by atoms with Gasteiger partial charge >= 0.3 is 0 Å². The van der Waals surface area contributed by atoms with Gasteiger partial charge < -0.3 is 0 Å². The van der Waals surface area contributed by atoms with Crippen molar-refractivity contribution in [3.05, 3.63) is 138 Å². The fourth-order valence-corrected chi connectivity index (χ4v) is 10.3. The molecule has 2 aliphatic heterocycles. The number of halogens is 2. The maximum Gasteiger partial charge on any atom is 0.243 e. The first-order valence-electron chi connectivity index (χ1n) is 22.9. The second-order valence-electron chi connectivity index (χ2n) is 24.7. The molecule has 0 unspecified atom stereocenters. The Balaban J connectivity index is 1.69. The van der Waals surface area contributed by atoms with E-state index in [9.17, 15) is 0 Å². The van der Waals surface area contributed by atoms with Crippen molar-refractivity contribution >= 4 is 93.7 Å². The molecule has 4 heteroatoms. The zero-order valence-electron chi connectivity index (χ0n) is 41.1. The Bertz CT molecular complexity index is 2400. The lowest BCUT2D eigenvalue weighted by molar-refractivity contribution is 0.552. The summed E-state index contributed by atoms with van der Waals surface area (Å²) in [5.41, 5.74) is 20.7. The molecule has 0 nitrogen and oxygen atoms in total. The molecule has 0 spiro atoms. The highest BCUT2D eigenvalue weighted by molar-refractivity contribution is 7.00. The van der Waals surface area contributed by atoms with Crippen LogP contribution in [0.5, 0.6) is 0 Å². The minimum absolute atomic E-state index is 0.0158. The highest BCUT2D eigenvalue weighted by atomic mass is 35.5. The van der Waals surface area contributed by atoms with E-state index in [1.165, 1.54) is 88.4 Å². The van der Waals surface area contributed by atoms with E-state index in [1.54, 1.807) is 0 Å². The molecule has 0 bridgehead atoms. The van der Waals surface area contributed by atoms with Crippen LogP contribution >= 0.6 is 23.2 Å². The molecule has 5 aromatic rings. The summed E-state index contributed by atoms with van der Waals surface area (Å²) in [7, 11) is 0. The summed E-state index contributed by atoms with van der Waals surface area (Å²) in [5.74, 6) is 0. The monoisotopic (exact) mass is 859 g/mol. The molecule has 0 radical (unpaired) electrons. The van der Waals surface area contributed by atoms with Gasteiger partial charge in [0, 0.05) is 10.0 Å². The molecule has 0 fully saturated rings. The first-order chi connectivity index (χ1) is 28.4. The molecule has 62 heavy (non-hydrogen) atoms. The number of hydrogen-bond acceptors (Lipinski definition) is 0. The first-order valence-corrected chi connectivity index (χ1v) is 23.6. The van der Waals surface area contributed by atoms with Crippen molar-refractivity contribution < 1.29 is 0 Å². The second kappa shape index (κ2) is 15.5. The van der Waals surface area contributed by atoms with Crippen molar-refractivity contribution in [2.45, 2.75) is 157 Å². The van der Waals surface area contributed by atoms with Crippen molar-refractivity contribution in [1.82, 2.24) is 0 Å².